The van der Waals surface area contributed by atoms with Crippen LogP contribution in [0.25, 0.3) is 0 Å². The minimum Gasteiger partial charge on any atom is -0.489 e. The topological polar surface area (TPSA) is 63.7 Å². The van der Waals surface area contributed by atoms with Crippen LogP contribution in [0.4, 0.5) is 5.69 Å². The Morgan fingerprint density at radius 3 is 2.52 bits per heavy atom. The normalized spacial score (nSPS) is 12.2. The zero-order valence-electron chi connectivity index (χ0n) is 13.6. The van der Waals surface area contributed by atoms with Gasteiger partial charge in [-0.25, -0.2) is 8.42 Å². The number of carbonyl (C=O) groups excluding carboxylic acids is 1. The van der Waals surface area contributed by atoms with E-state index in [9.17, 15) is 13.2 Å². The Morgan fingerprint density at radius 1 is 1.24 bits per heavy atom. The van der Waals surface area contributed by atoms with E-state index in [1.807, 2.05) is 0 Å². The Kier molecular flexibility index (Phi) is 6.22. The van der Waals surface area contributed by atoms with Crippen molar-refractivity contribution < 1.29 is 17.9 Å². The summed E-state index contributed by atoms with van der Waals surface area (Å²) in [5.41, 5.74) is 0.284. The number of rotatable bonds is 8. The first-order valence-electron chi connectivity index (χ1n) is 7.50. The van der Waals surface area contributed by atoms with Crippen LogP contribution in [0.3, 0.4) is 0 Å². The molecule has 7 heteroatoms. The van der Waals surface area contributed by atoms with Gasteiger partial charge in [0.2, 0.25) is 5.24 Å². The Balaban J connectivity index is 2.54. The lowest BCUT2D eigenvalue weighted by Crippen LogP contribution is -2.42. The highest BCUT2D eigenvalue weighted by Gasteiger charge is 2.32. The van der Waals surface area contributed by atoms with Crippen LogP contribution in [0.15, 0.2) is 72.1 Å². The van der Waals surface area contributed by atoms with Crippen LogP contribution in [0.5, 0.6) is 5.75 Å². The maximum Gasteiger partial charge on any atom is 0.265 e. The second-order valence-corrected chi connectivity index (χ2v) is 7.38. The molecule has 1 unspecified atom stereocenters. The van der Waals surface area contributed by atoms with Crippen molar-refractivity contribution in [2.75, 3.05) is 10.9 Å². The van der Waals surface area contributed by atoms with Crippen LogP contribution >= 0.6 is 11.6 Å². The van der Waals surface area contributed by atoms with E-state index in [1.165, 1.54) is 19.1 Å². The molecule has 25 heavy (non-hydrogen) atoms. The Hall–Kier alpha value is -2.31. The van der Waals surface area contributed by atoms with Crippen molar-refractivity contribution in [3.63, 3.8) is 0 Å². The lowest BCUT2D eigenvalue weighted by Gasteiger charge is -2.28. The van der Waals surface area contributed by atoms with Crippen molar-refractivity contribution in [3.05, 3.63) is 67.3 Å². The largest absolute Gasteiger partial charge is 0.489 e. The quantitative estimate of drug-likeness (QED) is 0.519. The van der Waals surface area contributed by atoms with Gasteiger partial charge in [0.05, 0.1) is 10.6 Å². The number of carbonyl (C=O) groups is 1. The molecular weight excluding hydrogens is 362 g/mol. The van der Waals surface area contributed by atoms with E-state index in [1.54, 1.807) is 48.5 Å². The third-order valence-electron chi connectivity index (χ3n) is 3.42. The van der Waals surface area contributed by atoms with E-state index in [0.29, 0.717) is 5.75 Å². The molecule has 2 aromatic rings. The first-order chi connectivity index (χ1) is 11.9. The summed E-state index contributed by atoms with van der Waals surface area (Å²) < 4.78 is 32.6. The van der Waals surface area contributed by atoms with Crippen LogP contribution in [-0.2, 0) is 14.8 Å². The molecule has 0 aromatic heterocycles. The molecule has 0 aliphatic heterocycles. The van der Waals surface area contributed by atoms with Crippen LogP contribution in [0, 0.1) is 0 Å². The summed E-state index contributed by atoms with van der Waals surface area (Å²) in [4.78, 5) is 11.8. The standard InChI is InChI=1S/C18H18ClNO4S/c1-3-12-24-16-9-7-8-15(13-16)20(14(2)18(19)21)25(22,23)17-10-5-4-6-11-17/h3-11,13-14H,1,12H2,2H3. The molecule has 0 saturated carbocycles. The van der Waals surface area contributed by atoms with Gasteiger partial charge in [0.15, 0.2) is 0 Å². The number of ether oxygens (including phenoxy) is 1. The van der Waals surface area contributed by atoms with Crippen molar-refractivity contribution in [1.29, 1.82) is 0 Å². The molecule has 1 atom stereocenters. The molecule has 0 bridgehead atoms. The fourth-order valence-electron chi connectivity index (χ4n) is 2.23. The molecule has 132 valence electrons. The van der Waals surface area contributed by atoms with Gasteiger partial charge < -0.3 is 4.74 Å². The van der Waals surface area contributed by atoms with E-state index < -0.39 is 21.3 Å². The molecule has 0 saturated heterocycles. The minimum atomic E-state index is -3.98. The first kappa shape index (κ1) is 19.0. The molecule has 0 radical (unpaired) electrons. The maximum absolute atomic E-state index is 13.1. The molecule has 0 heterocycles. The number of nitrogens with zero attached hydrogens (tertiary/aromatic N) is 1. The minimum absolute atomic E-state index is 0.0668. The predicted octanol–water partition coefficient (Wildman–Crippen LogP) is 3.60. The zero-order valence-corrected chi connectivity index (χ0v) is 15.2. The summed E-state index contributed by atoms with van der Waals surface area (Å²) in [6.07, 6.45) is 1.58. The van der Waals surface area contributed by atoms with Crippen LogP contribution in [0.2, 0.25) is 0 Å². The highest BCUT2D eigenvalue weighted by Crippen LogP contribution is 2.29. The Labute approximate surface area is 152 Å². The third-order valence-corrected chi connectivity index (χ3v) is 5.65. The summed E-state index contributed by atoms with van der Waals surface area (Å²) in [6, 6.07) is 13.2. The van der Waals surface area contributed by atoms with Crippen molar-refractivity contribution in [3.8, 4) is 5.75 Å². The van der Waals surface area contributed by atoms with Crippen molar-refractivity contribution >= 4 is 32.6 Å². The van der Waals surface area contributed by atoms with Gasteiger partial charge >= 0.3 is 0 Å². The molecule has 5 nitrogen and oxygen atoms in total. The monoisotopic (exact) mass is 379 g/mol. The Morgan fingerprint density at radius 2 is 1.92 bits per heavy atom. The van der Waals surface area contributed by atoms with E-state index in [0.717, 1.165) is 4.31 Å². The smallest absolute Gasteiger partial charge is 0.265 e. The van der Waals surface area contributed by atoms with Crippen molar-refractivity contribution in [1.82, 2.24) is 0 Å². The average Bonchev–Trinajstić information content (AvgIpc) is 2.61. The summed E-state index contributed by atoms with van der Waals surface area (Å²) in [5.74, 6) is 0.458. The molecule has 2 aromatic carbocycles. The number of anilines is 1. The lowest BCUT2D eigenvalue weighted by molar-refractivity contribution is -0.112. The summed E-state index contributed by atoms with van der Waals surface area (Å²) in [7, 11) is -3.98. The number of hydrogen-bond donors (Lipinski definition) is 0. The highest BCUT2D eigenvalue weighted by atomic mass is 35.5. The molecule has 0 aliphatic carbocycles. The number of benzene rings is 2. The summed E-state index contributed by atoms with van der Waals surface area (Å²) in [5, 5.41) is -0.781. The van der Waals surface area contributed by atoms with Crippen LogP contribution in [-0.4, -0.2) is 26.3 Å². The molecule has 0 fully saturated rings. The fraction of sp³-hybridized carbons (Fsp3) is 0.167. The SMILES string of the molecule is C=CCOc1cccc(N(C(C)C(=O)Cl)S(=O)(=O)c2ccccc2)c1. The first-order valence-corrected chi connectivity index (χ1v) is 9.32. The molecule has 0 N–H and O–H groups in total. The van der Waals surface area contributed by atoms with Crippen LogP contribution in [0.1, 0.15) is 6.92 Å². The van der Waals surface area contributed by atoms with Crippen molar-refractivity contribution in [2.24, 2.45) is 0 Å². The molecule has 0 amide bonds. The lowest BCUT2D eigenvalue weighted by atomic mass is 10.2. The molecular formula is C18H18ClNO4S. The van der Waals surface area contributed by atoms with Crippen LogP contribution < -0.4 is 9.04 Å². The number of hydrogen-bond acceptors (Lipinski definition) is 4. The fourth-order valence-corrected chi connectivity index (χ4v) is 4.02. The van der Waals surface area contributed by atoms with Gasteiger partial charge in [0.1, 0.15) is 18.4 Å². The second-order valence-electron chi connectivity index (χ2n) is 5.19. The summed E-state index contributed by atoms with van der Waals surface area (Å²) >= 11 is 5.60. The predicted molar refractivity (Wildman–Crippen MR) is 98.6 cm³/mol. The van der Waals surface area contributed by atoms with Gasteiger partial charge in [0, 0.05) is 6.07 Å². The van der Waals surface area contributed by atoms with E-state index in [-0.39, 0.29) is 17.2 Å². The van der Waals surface area contributed by atoms with Gasteiger partial charge in [-0.15, -0.1) is 0 Å². The molecule has 0 spiro atoms. The second kappa shape index (κ2) is 8.18. The van der Waals surface area contributed by atoms with Gasteiger partial charge in [-0.1, -0.05) is 36.9 Å². The Bertz CT molecular complexity index is 852. The number of sulfonamides is 1. The number of halogens is 1. The van der Waals surface area contributed by atoms with Gasteiger partial charge in [-0.2, -0.15) is 0 Å². The van der Waals surface area contributed by atoms with E-state index in [2.05, 4.69) is 6.58 Å². The van der Waals surface area contributed by atoms with Gasteiger partial charge in [0.25, 0.3) is 10.0 Å². The van der Waals surface area contributed by atoms with E-state index >= 15 is 0 Å². The zero-order chi connectivity index (χ0) is 18.4. The maximum atomic E-state index is 13.1. The summed E-state index contributed by atoms with van der Waals surface area (Å²) in [6.45, 7) is 5.28. The van der Waals surface area contributed by atoms with Gasteiger partial charge in [-0.3, -0.25) is 9.10 Å². The third kappa shape index (κ3) is 4.41. The molecule has 0 aliphatic rings. The van der Waals surface area contributed by atoms with Gasteiger partial charge in [-0.05, 0) is 42.8 Å². The average molecular weight is 380 g/mol. The molecule has 2 rings (SSSR count). The van der Waals surface area contributed by atoms with E-state index in [4.69, 9.17) is 16.3 Å². The van der Waals surface area contributed by atoms with Crippen molar-refractivity contribution in [2.45, 2.75) is 17.9 Å². The highest BCUT2D eigenvalue weighted by molar-refractivity contribution is 7.93.